The summed E-state index contributed by atoms with van der Waals surface area (Å²) in [6.45, 7) is 5.72. The fourth-order valence-electron chi connectivity index (χ4n) is 0.337. The molecule has 0 radical (unpaired) electrons. The Hall–Kier alpha value is -0.860. The van der Waals surface area contributed by atoms with Crippen LogP contribution in [0.3, 0.4) is 0 Å². The van der Waals surface area contributed by atoms with E-state index in [0.717, 1.165) is 5.71 Å². The van der Waals surface area contributed by atoms with E-state index in [1.807, 2.05) is 20.9 Å². The highest BCUT2D eigenvalue weighted by Crippen LogP contribution is 1.75. The highest BCUT2D eigenvalue weighted by Gasteiger charge is 1.94. The first-order valence-electron chi connectivity index (χ1n) is 2.88. The highest BCUT2D eigenvalue weighted by atomic mass is 15.4. The van der Waals surface area contributed by atoms with Crippen LogP contribution in [0.4, 0.5) is 0 Å². The molecule has 0 aliphatic heterocycles. The predicted molar refractivity (Wildman–Crippen MR) is 39.8 cm³/mol. The maximum absolute atomic E-state index is 5.33. The van der Waals surface area contributed by atoms with Crippen LogP contribution in [0.15, 0.2) is 5.10 Å². The van der Waals surface area contributed by atoms with Crippen LogP contribution in [-0.4, -0.2) is 23.3 Å². The molecule has 0 saturated heterocycles. The first kappa shape index (κ1) is 8.14. The maximum Gasteiger partial charge on any atom is 0.178 e. The van der Waals surface area contributed by atoms with Crippen LogP contribution in [0.1, 0.15) is 20.8 Å². The van der Waals surface area contributed by atoms with Crippen LogP contribution >= 0.6 is 0 Å². The van der Waals surface area contributed by atoms with Gasteiger partial charge in [0.15, 0.2) is 18.6 Å². The van der Waals surface area contributed by atoms with Crippen molar-refractivity contribution in [2.24, 2.45) is 10.8 Å². The van der Waals surface area contributed by atoms with E-state index in [2.05, 4.69) is 5.10 Å². The number of hydrazone groups is 1. The van der Waals surface area contributed by atoms with Crippen LogP contribution in [0.25, 0.3) is 0 Å². The Balaban J connectivity index is 4.25. The van der Waals surface area contributed by atoms with Crippen molar-refractivity contribution in [2.75, 3.05) is 7.05 Å². The molecule has 0 bridgehead atoms. The monoisotopic (exact) mass is 128 g/mol. The van der Waals surface area contributed by atoms with Gasteiger partial charge >= 0.3 is 0 Å². The molecule has 3 heteroatoms. The van der Waals surface area contributed by atoms with Gasteiger partial charge in [-0.1, -0.05) is 4.68 Å². The topological polar surface area (TPSA) is 41.4 Å². The molecule has 0 fully saturated rings. The lowest BCUT2D eigenvalue weighted by Crippen LogP contribution is -2.13. The summed E-state index contributed by atoms with van der Waals surface area (Å²) in [7, 11) is 1.87. The van der Waals surface area contributed by atoms with Crippen LogP contribution in [0.2, 0.25) is 0 Å². The van der Waals surface area contributed by atoms with E-state index in [9.17, 15) is 0 Å². The average molecular weight is 128 g/mol. The number of nitrogens with zero attached hydrogens (tertiary/aromatic N) is 2. The van der Waals surface area contributed by atoms with Gasteiger partial charge in [0.2, 0.25) is 0 Å². The summed E-state index contributed by atoms with van der Waals surface area (Å²) in [4.78, 5) is 0. The Morgan fingerprint density at radius 1 is 1.33 bits per heavy atom. The second-order valence-corrected chi connectivity index (χ2v) is 2.21. The van der Waals surface area contributed by atoms with Crippen molar-refractivity contribution in [3.8, 4) is 0 Å². The summed E-state index contributed by atoms with van der Waals surface area (Å²) >= 11 is 0. The number of hydrogen-bond donors (Lipinski definition) is 1. The van der Waals surface area contributed by atoms with Crippen LogP contribution < -0.4 is 5.73 Å². The molecule has 0 amide bonds. The first-order valence-corrected chi connectivity index (χ1v) is 2.88. The van der Waals surface area contributed by atoms with Crippen molar-refractivity contribution >= 4 is 11.5 Å². The third kappa shape index (κ3) is 3.70. The lowest BCUT2D eigenvalue weighted by molar-refractivity contribution is -0.503. The number of hydrogen-bond acceptors (Lipinski definition) is 1. The average Bonchev–Trinajstić information content (AvgIpc) is 1.63. The Labute approximate surface area is 55.9 Å². The fraction of sp³-hybridized carbons (Fsp3) is 0.667. The van der Waals surface area contributed by atoms with E-state index >= 15 is 0 Å². The molecule has 0 aliphatic carbocycles. The molecule has 0 aliphatic rings. The van der Waals surface area contributed by atoms with E-state index in [4.69, 9.17) is 5.73 Å². The normalized spacial score (nSPS) is 11.3. The molecular weight excluding hydrogens is 114 g/mol. The van der Waals surface area contributed by atoms with Gasteiger partial charge in [-0.3, -0.25) is 0 Å². The largest absolute Gasteiger partial charge is 0.383 e. The minimum atomic E-state index is 0.582. The zero-order valence-corrected chi connectivity index (χ0v) is 6.47. The quantitative estimate of drug-likeness (QED) is 0.236. The third-order valence-corrected chi connectivity index (χ3v) is 0.955. The molecule has 0 spiro atoms. The SMILES string of the molecule is CC(C)=[N+](C)/N=C(/C)N. The first-order chi connectivity index (χ1) is 4.04. The Bertz CT molecular complexity index is 148. The fourth-order valence-corrected chi connectivity index (χ4v) is 0.337. The maximum atomic E-state index is 5.33. The summed E-state index contributed by atoms with van der Waals surface area (Å²) in [6.07, 6.45) is 0. The van der Waals surface area contributed by atoms with Crippen molar-refractivity contribution in [3.05, 3.63) is 0 Å². The van der Waals surface area contributed by atoms with Gasteiger partial charge in [0.25, 0.3) is 0 Å². The van der Waals surface area contributed by atoms with E-state index in [0.29, 0.717) is 5.84 Å². The summed E-state index contributed by atoms with van der Waals surface area (Å²) in [5.74, 6) is 0.582. The van der Waals surface area contributed by atoms with E-state index in [-0.39, 0.29) is 0 Å². The summed E-state index contributed by atoms with van der Waals surface area (Å²) in [6, 6.07) is 0. The van der Waals surface area contributed by atoms with Gasteiger partial charge < -0.3 is 5.73 Å². The smallest absolute Gasteiger partial charge is 0.178 e. The summed E-state index contributed by atoms with van der Waals surface area (Å²) in [5, 5.41) is 3.97. The predicted octanol–water partition coefficient (Wildman–Crippen LogP) is 0.402. The molecule has 0 aromatic carbocycles. The Morgan fingerprint density at radius 3 is 1.89 bits per heavy atom. The molecule has 2 N–H and O–H groups in total. The zero-order chi connectivity index (χ0) is 7.44. The Morgan fingerprint density at radius 2 is 1.78 bits per heavy atom. The summed E-state index contributed by atoms with van der Waals surface area (Å²) < 4.78 is 1.75. The summed E-state index contributed by atoms with van der Waals surface area (Å²) in [5.41, 5.74) is 6.45. The van der Waals surface area contributed by atoms with Crippen molar-refractivity contribution in [1.29, 1.82) is 0 Å². The van der Waals surface area contributed by atoms with E-state index in [1.54, 1.807) is 11.6 Å². The van der Waals surface area contributed by atoms with Gasteiger partial charge in [0.1, 0.15) is 0 Å². The molecule has 0 saturated carbocycles. The zero-order valence-electron chi connectivity index (χ0n) is 6.47. The van der Waals surface area contributed by atoms with Crippen LogP contribution in [-0.2, 0) is 0 Å². The van der Waals surface area contributed by atoms with E-state index in [1.165, 1.54) is 0 Å². The van der Waals surface area contributed by atoms with Gasteiger partial charge in [0, 0.05) is 18.9 Å². The van der Waals surface area contributed by atoms with Crippen LogP contribution in [0, 0.1) is 0 Å². The van der Waals surface area contributed by atoms with E-state index < -0.39 is 0 Å². The molecule has 9 heavy (non-hydrogen) atoms. The lowest BCUT2D eigenvalue weighted by atomic mass is 10.5. The highest BCUT2D eigenvalue weighted by molar-refractivity contribution is 5.78. The molecule has 3 nitrogen and oxygen atoms in total. The van der Waals surface area contributed by atoms with Crippen molar-refractivity contribution in [3.63, 3.8) is 0 Å². The molecule has 0 rings (SSSR count). The number of nitrogens with two attached hydrogens (primary N) is 1. The molecule has 0 aromatic rings. The molecule has 0 heterocycles. The van der Waals surface area contributed by atoms with Gasteiger partial charge in [-0.2, -0.15) is 0 Å². The minimum Gasteiger partial charge on any atom is -0.383 e. The number of amidine groups is 1. The molecular formula is C6H14N3+. The minimum absolute atomic E-state index is 0.582. The lowest BCUT2D eigenvalue weighted by Gasteiger charge is -1.87. The molecule has 0 unspecified atom stereocenters. The second kappa shape index (κ2) is 3.22. The van der Waals surface area contributed by atoms with Gasteiger partial charge in [-0.05, 0) is 6.92 Å². The van der Waals surface area contributed by atoms with Gasteiger partial charge in [0.05, 0.1) is 0 Å². The standard InChI is InChI=1S/C6H14N3/c1-5(2)9(4)8-6(3)7/h1-4H3,(H2,7,8)/q+1. The molecule has 0 aromatic heterocycles. The van der Waals surface area contributed by atoms with Crippen molar-refractivity contribution in [2.45, 2.75) is 20.8 Å². The number of rotatable bonds is 1. The third-order valence-electron chi connectivity index (χ3n) is 0.955. The van der Waals surface area contributed by atoms with Gasteiger partial charge in [-0.15, -0.1) is 0 Å². The van der Waals surface area contributed by atoms with Crippen molar-refractivity contribution < 1.29 is 4.68 Å². The van der Waals surface area contributed by atoms with Crippen LogP contribution in [0.5, 0.6) is 0 Å². The Kier molecular flexibility index (Phi) is 2.91. The van der Waals surface area contributed by atoms with Gasteiger partial charge in [-0.25, -0.2) is 0 Å². The van der Waals surface area contributed by atoms with Crippen molar-refractivity contribution in [1.82, 2.24) is 0 Å². The molecule has 52 valence electrons. The molecule has 0 atom stereocenters. The second-order valence-electron chi connectivity index (χ2n) is 2.21.